The molecule has 1 heterocycles. The Morgan fingerprint density at radius 3 is 2.57 bits per heavy atom. The van der Waals surface area contributed by atoms with E-state index >= 15 is 0 Å². The molecular weight excluding hydrogens is 304 g/mol. The second-order valence-electron chi connectivity index (χ2n) is 7.03. The number of methoxy groups -OCH3 is 1. The van der Waals surface area contributed by atoms with Crippen molar-refractivity contribution in [2.24, 2.45) is 0 Å². The third-order valence-electron chi connectivity index (χ3n) is 3.72. The van der Waals surface area contributed by atoms with Crippen LogP contribution in [0.25, 0.3) is 0 Å². The van der Waals surface area contributed by atoms with E-state index in [1.807, 2.05) is 0 Å². The van der Waals surface area contributed by atoms with Crippen molar-refractivity contribution < 1.29 is 28.6 Å². The molecular formula is C15H24N2O6. The zero-order chi connectivity index (χ0) is 17.3. The molecule has 2 atom stereocenters. The van der Waals surface area contributed by atoms with Gasteiger partial charge in [0.2, 0.25) is 5.91 Å². The van der Waals surface area contributed by atoms with Crippen molar-refractivity contribution in [2.75, 3.05) is 13.7 Å². The van der Waals surface area contributed by atoms with Crippen LogP contribution in [0.1, 0.15) is 40.0 Å². The highest BCUT2D eigenvalue weighted by atomic mass is 16.6. The summed E-state index contributed by atoms with van der Waals surface area (Å²) in [6, 6.07) is -1.01. The molecule has 8 nitrogen and oxygen atoms in total. The fraction of sp³-hybridized carbons (Fsp3) is 0.800. The van der Waals surface area contributed by atoms with Crippen molar-refractivity contribution in [3.05, 3.63) is 0 Å². The Labute approximate surface area is 135 Å². The van der Waals surface area contributed by atoms with Crippen LogP contribution in [0, 0.1) is 0 Å². The average Bonchev–Trinajstić information content (AvgIpc) is 3.17. The maximum atomic E-state index is 12.1. The van der Waals surface area contributed by atoms with Crippen LogP contribution in [0.15, 0.2) is 0 Å². The minimum atomic E-state index is -1.01. The molecule has 2 rings (SSSR count). The van der Waals surface area contributed by atoms with Crippen molar-refractivity contribution in [1.29, 1.82) is 0 Å². The van der Waals surface area contributed by atoms with Gasteiger partial charge in [-0.05, 0) is 33.6 Å². The number of alkyl carbamates (subject to hydrolysis) is 1. The Kier molecular flexibility index (Phi) is 4.84. The van der Waals surface area contributed by atoms with Gasteiger partial charge in [-0.3, -0.25) is 4.79 Å². The zero-order valence-electron chi connectivity index (χ0n) is 13.9. The van der Waals surface area contributed by atoms with Gasteiger partial charge in [-0.25, -0.2) is 9.59 Å². The number of nitrogens with one attached hydrogen (secondary N) is 2. The van der Waals surface area contributed by atoms with E-state index in [4.69, 9.17) is 9.47 Å². The topological polar surface area (TPSA) is 103 Å². The summed E-state index contributed by atoms with van der Waals surface area (Å²) in [5.74, 6) is -0.924. The van der Waals surface area contributed by atoms with Gasteiger partial charge >= 0.3 is 12.1 Å². The third-order valence-corrected chi connectivity index (χ3v) is 3.72. The van der Waals surface area contributed by atoms with Gasteiger partial charge in [0, 0.05) is 6.42 Å². The highest BCUT2D eigenvalue weighted by Gasteiger charge is 2.49. The van der Waals surface area contributed by atoms with Crippen LogP contribution in [0.3, 0.4) is 0 Å². The highest BCUT2D eigenvalue weighted by molar-refractivity contribution is 5.86. The molecule has 0 aromatic heterocycles. The first kappa shape index (κ1) is 17.5. The lowest BCUT2D eigenvalue weighted by atomic mass is 10.1. The predicted molar refractivity (Wildman–Crippen MR) is 79.6 cm³/mol. The molecule has 1 saturated heterocycles. The molecule has 1 saturated carbocycles. The fourth-order valence-corrected chi connectivity index (χ4v) is 2.33. The molecule has 0 unspecified atom stereocenters. The first-order valence-corrected chi connectivity index (χ1v) is 7.65. The Bertz CT molecular complexity index is 495. The Balaban J connectivity index is 1.94. The van der Waals surface area contributed by atoms with Crippen molar-refractivity contribution in [2.45, 2.75) is 63.3 Å². The van der Waals surface area contributed by atoms with Gasteiger partial charge in [-0.15, -0.1) is 0 Å². The van der Waals surface area contributed by atoms with Gasteiger partial charge in [-0.2, -0.15) is 0 Å². The van der Waals surface area contributed by atoms with Gasteiger partial charge in [-0.1, -0.05) is 0 Å². The standard InChI is InChI=1S/C15H24N2O6/c1-14(2,3)23-13(20)16-9(12(19)21-4)7-10-11(18)17-15(5-6-15)8-22-10/h9-10H,5-8H2,1-4H3,(H,16,20)(H,17,18)/t9-,10-/m0/s1. The quantitative estimate of drug-likeness (QED) is 0.728. The van der Waals surface area contributed by atoms with Crippen molar-refractivity contribution >= 4 is 18.0 Å². The Morgan fingerprint density at radius 2 is 2.09 bits per heavy atom. The maximum Gasteiger partial charge on any atom is 0.408 e. The number of esters is 1. The zero-order valence-corrected chi connectivity index (χ0v) is 13.9. The first-order valence-electron chi connectivity index (χ1n) is 7.65. The van der Waals surface area contributed by atoms with E-state index in [0.717, 1.165) is 12.8 Å². The molecule has 130 valence electrons. The Hall–Kier alpha value is -1.83. The molecule has 0 bridgehead atoms. The summed E-state index contributed by atoms with van der Waals surface area (Å²) >= 11 is 0. The summed E-state index contributed by atoms with van der Waals surface area (Å²) in [7, 11) is 1.22. The number of rotatable bonds is 4. The molecule has 2 amide bonds. The van der Waals surface area contributed by atoms with Crippen LogP contribution < -0.4 is 10.6 Å². The van der Waals surface area contributed by atoms with Crippen LogP contribution in [-0.4, -0.2) is 55.0 Å². The molecule has 0 radical (unpaired) electrons. The summed E-state index contributed by atoms with van der Waals surface area (Å²) in [4.78, 5) is 35.8. The van der Waals surface area contributed by atoms with E-state index in [0.29, 0.717) is 6.61 Å². The number of carbonyl (C=O) groups is 3. The van der Waals surface area contributed by atoms with Crippen LogP contribution >= 0.6 is 0 Å². The number of carbonyl (C=O) groups excluding carboxylic acids is 3. The molecule has 1 aliphatic carbocycles. The van der Waals surface area contributed by atoms with E-state index in [9.17, 15) is 14.4 Å². The predicted octanol–water partition coefficient (Wildman–Crippen LogP) is 0.490. The third kappa shape index (κ3) is 4.82. The monoisotopic (exact) mass is 328 g/mol. The lowest BCUT2D eigenvalue weighted by molar-refractivity contribution is -0.148. The van der Waals surface area contributed by atoms with Crippen LogP contribution in [0.2, 0.25) is 0 Å². The molecule has 23 heavy (non-hydrogen) atoms. The van der Waals surface area contributed by atoms with Crippen molar-refractivity contribution in [1.82, 2.24) is 10.6 Å². The second kappa shape index (κ2) is 6.35. The summed E-state index contributed by atoms with van der Waals surface area (Å²) in [5, 5.41) is 5.34. The van der Waals surface area contributed by atoms with Crippen molar-refractivity contribution in [3.63, 3.8) is 0 Å². The summed E-state index contributed by atoms with van der Waals surface area (Å²) < 4.78 is 15.4. The van der Waals surface area contributed by atoms with E-state index in [-0.39, 0.29) is 17.9 Å². The van der Waals surface area contributed by atoms with E-state index in [2.05, 4.69) is 15.4 Å². The molecule has 2 fully saturated rings. The number of hydrogen-bond donors (Lipinski definition) is 2. The summed E-state index contributed by atoms with van der Waals surface area (Å²) in [6.45, 7) is 5.56. The maximum absolute atomic E-state index is 12.1. The van der Waals surface area contributed by atoms with Gasteiger partial charge in [0.25, 0.3) is 0 Å². The van der Waals surface area contributed by atoms with Gasteiger partial charge in [0.15, 0.2) is 0 Å². The van der Waals surface area contributed by atoms with E-state index in [1.165, 1.54) is 7.11 Å². The lowest BCUT2D eigenvalue weighted by Gasteiger charge is -2.31. The van der Waals surface area contributed by atoms with Crippen LogP contribution in [0.5, 0.6) is 0 Å². The van der Waals surface area contributed by atoms with Gasteiger partial charge < -0.3 is 24.8 Å². The molecule has 2 aliphatic rings. The lowest BCUT2D eigenvalue weighted by Crippen LogP contribution is -2.55. The van der Waals surface area contributed by atoms with E-state index in [1.54, 1.807) is 20.8 Å². The second-order valence-corrected chi connectivity index (χ2v) is 7.03. The molecule has 1 aliphatic heterocycles. The normalized spacial score (nSPS) is 23.7. The Morgan fingerprint density at radius 1 is 1.43 bits per heavy atom. The SMILES string of the molecule is COC(=O)[C@H](C[C@@H]1OCC2(CC2)NC1=O)NC(=O)OC(C)(C)C. The van der Waals surface area contributed by atoms with Gasteiger partial charge in [0.05, 0.1) is 19.3 Å². The summed E-state index contributed by atoms with van der Waals surface area (Å²) in [6.07, 6.45) is 0.251. The fourth-order valence-electron chi connectivity index (χ4n) is 2.33. The number of ether oxygens (including phenoxy) is 3. The largest absolute Gasteiger partial charge is 0.467 e. The number of amides is 2. The smallest absolute Gasteiger partial charge is 0.408 e. The molecule has 1 spiro atoms. The molecule has 0 aromatic carbocycles. The average molecular weight is 328 g/mol. The van der Waals surface area contributed by atoms with Crippen molar-refractivity contribution in [3.8, 4) is 0 Å². The van der Waals surface area contributed by atoms with E-state index < -0.39 is 29.8 Å². The molecule has 8 heteroatoms. The minimum Gasteiger partial charge on any atom is -0.467 e. The first-order chi connectivity index (χ1) is 10.6. The highest BCUT2D eigenvalue weighted by Crippen LogP contribution is 2.38. The molecule has 2 N–H and O–H groups in total. The number of hydrogen-bond acceptors (Lipinski definition) is 6. The van der Waals surface area contributed by atoms with Crippen LogP contribution in [-0.2, 0) is 23.8 Å². The van der Waals surface area contributed by atoms with Crippen LogP contribution in [0.4, 0.5) is 4.79 Å². The van der Waals surface area contributed by atoms with Gasteiger partial charge in [0.1, 0.15) is 17.7 Å². The molecule has 0 aromatic rings. The summed E-state index contributed by atoms with van der Waals surface area (Å²) in [5.41, 5.74) is -0.908. The minimum absolute atomic E-state index is 0.00612. The number of morpholine rings is 1.